The SMILES string of the molecule is O=[N+]([O-])c1cc(Br)cnc1C1CCCN1. The van der Waals surface area contributed by atoms with E-state index < -0.39 is 0 Å². The van der Waals surface area contributed by atoms with Gasteiger partial charge in [0.15, 0.2) is 0 Å². The van der Waals surface area contributed by atoms with Crippen LogP contribution in [0.3, 0.4) is 0 Å². The fraction of sp³-hybridized carbons (Fsp3) is 0.444. The molecule has 1 aromatic heterocycles. The standard InChI is InChI=1S/C9H10BrN3O2/c10-6-4-8(13(14)15)9(12-5-6)7-2-1-3-11-7/h4-5,7,11H,1-3H2. The Kier molecular flexibility index (Phi) is 2.97. The van der Waals surface area contributed by atoms with E-state index in [1.54, 1.807) is 6.20 Å². The maximum atomic E-state index is 10.8. The number of nitrogens with one attached hydrogen (secondary N) is 1. The lowest BCUT2D eigenvalue weighted by atomic mass is 10.1. The van der Waals surface area contributed by atoms with Gasteiger partial charge in [0, 0.05) is 16.7 Å². The van der Waals surface area contributed by atoms with Crippen LogP contribution in [0.2, 0.25) is 0 Å². The van der Waals surface area contributed by atoms with Crippen LogP contribution in [0.5, 0.6) is 0 Å². The molecule has 0 radical (unpaired) electrons. The Morgan fingerprint density at radius 3 is 3.07 bits per heavy atom. The van der Waals surface area contributed by atoms with Gasteiger partial charge in [-0.05, 0) is 35.3 Å². The van der Waals surface area contributed by atoms with Gasteiger partial charge in [0.05, 0.1) is 11.0 Å². The highest BCUT2D eigenvalue weighted by molar-refractivity contribution is 9.10. The van der Waals surface area contributed by atoms with E-state index in [0.29, 0.717) is 10.2 Å². The quantitative estimate of drug-likeness (QED) is 0.661. The van der Waals surface area contributed by atoms with Crippen molar-refractivity contribution in [3.8, 4) is 0 Å². The molecule has 0 aliphatic carbocycles. The van der Waals surface area contributed by atoms with Gasteiger partial charge >= 0.3 is 0 Å². The number of hydrogen-bond acceptors (Lipinski definition) is 4. The predicted molar refractivity (Wildman–Crippen MR) is 58.6 cm³/mol. The molecule has 0 saturated carbocycles. The van der Waals surface area contributed by atoms with Crippen LogP contribution in [-0.4, -0.2) is 16.5 Å². The van der Waals surface area contributed by atoms with E-state index in [0.717, 1.165) is 19.4 Å². The van der Waals surface area contributed by atoms with Crippen molar-refractivity contribution in [2.75, 3.05) is 6.54 Å². The second-order valence-corrected chi connectivity index (χ2v) is 4.38. The van der Waals surface area contributed by atoms with E-state index in [2.05, 4.69) is 26.2 Å². The maximum Gasteiger partial charge on any atom is 0.293 e. The molecule has 0 amide bonds. The van der Waals surface area contributed by atoms with Crippen LogP contribution in [0.4, 0.5) is 5.69 Å². The summed E-state index contributed by atoms with van der Waals surface area (Å²) in [5.74, 6) is 0. The largest absolute Gasteiger partial charge is 0.308 e. The smallest absolute Gasteiger partial charge is 0.293 e. The van der Waals surface area contributed by atoms with Crippen LogP contribution in [0.15, 0.2) is 16.7 Å². The van der Waals surface area contributed by atoms with Crippen LogP contribution in [0, 0.1) is 10.1 Å². The number of pyridine rings is 1. The third kappa shape index (κ3) is 2.15. The first-order valence-electron chi connectivity index (χ1n) is 4.71. The van der Waals surface area contributed by atoms with Crippen molar-refractivity contribution in [3.63, 3.8) is 0 Å². The molecule has 15 heavy (non-hydrogen) atoms. The van der Waals surface area contributed by atoms with E-state index in [9.17, 15) is 10.1 Å². The molecule has 1 atom stereocenters. The average molecular weight is 272 g/mol. The Hall–Kier alpha value is -1.01. The first-order chi connectivity index (χ1) is 7.18. The van der Waals surface area contributed by atoms with Gasteiger partial charge in [0.25, 0.3) is 5.69 Å². The number of halogens is 1. The average Bonchev–Trinajstić information content (AvgIpc) is 2.70. The first-order valence-corrected chi connectivity index (χ1v) is 5.51. The number of nitrogens with zero attached hydrogens (tertiary/aromatic N) is 2. The molecular weight excluding hydrogens is 262 g/mol. The van der Waals surface area contributed by atoms with Crippen LogP contribution in [0.25, 0.3) is 0 Å². The number of nitro groups is 1. The van der Waals surface area contributed by atoms with Gasteiger partial charge in [0.2, 0.25) is 0 Å². The molecular formula is C9H10BrN3O2. The Morgan fingerprint density at radius 2 is 2.47 bits per heavy atom. The molecule has 1 saturated heterocycles. The topological polar surface area (TPSA) is 68.1 Å². The zero-order valence-corrected chi connectivity index (χ0v) is 9.53. The Labute approximate surface area is 95.2 Å². The normalized spacial score (nSPS) is 20.5. The molecule has 0 bridgehead atoms. The van der Waals surface area contributed by atoms with Crippen molar-refractivity contribution in [1.82, 2.24) is 10.3 Å². The molecule has 0 spiro atoms. The monoisotopic (exact) mass is 271 g/mol. The van der Waals surface area contributed by atoms with Gasteiger partial charge in [-0.25, -0.2) is 0 Å². The molecule has 6 heteroatoms. The molecule has 0 aromatic carbocycles. The van der Waals surface area contributed by atoms with E-state index in [1.807, 2.05) is 0 Å². The summed E-state index contributed by atoms with van der Waals surface area (Å²) in [5, 5.41) is 14.1. The second-order valence-electron chi connectivity index (χ2n) is 3.46. The van der Waals surface area contributed by atoms with Crippen LogP contribution in [0.1, 0.15) is 24.6 Å². The summed E-state index contributed by atoms with van der Waals surface area (Å²) in [6, 6.07) is 1.53. The Bertz CT molecular complexity index is 391. The van der Waals surface area contributed by atoms with E-state index in [1.165, 1.54) is 6.07 Å². The molecule has 1 aliphatic rings. The summed E-state index contributed by atoms with van der Waals surface area (Å²) in [5.41, 5.74) is 0.629. The summed E-state index contributed by atoms with van der Waals surface area (Å²) in [4.78, 5) is 14.6. The van der Waals surface area contributed by atoms with Crippen molar-refractivity contribution in [2.24, 2.45) is 0 Å². The van der Waals surface area contributed by atoms with Gasteiger partial charge in [-0.15, -0.1) is 0 Å². The van der Waals surface area contributed by atoms with Crippen LogP contribution in [-0.2, 0) is 0 Å². The molecule has 2 rings (SSSR count). The number of aromatic nitrogens is 1. The third-order valence-electron chi connectivity index (χ3n) is 2.45. The lowest BCUT2D eigenvalue weighted by molar-refractivity contribution is -0.386. The lowest BCUT2D eigenvalue weighted by Gasteiger charge is -2.09. The molecule has 80 valence electrons. The van der Waals surface area contributed by atoms with E-state index in [4.69, 9.17) is 0 Å². The molecule has 1 unspecified atom stereocenters. The second kappa shape index (κ2) is 4.24. The van der Waals surface area contributed by atoms with Gasteiger partial charge < -0.3 is 5.32 Å². The Balaban J connectivity index is 2.40. The fourth-order valence-electron chi connectivity index (χ4n) is 1.77. The summed E-state index contributed by atoms with van der Waals surface area (Å²) in [7, 11) is 0. The lowest BCUT2D eigenvalue weighted by Crippen LogP contribution is -2.15. The zero-order chi connectivity index (χ0) is 10.8. The van der Waals surface area contributed by atoms with Gasteiger partial charge in [-0.3, -0.25) is 15.1 Å². The highest BCUT2D eigenvalue weighted by Crippen LogP contribution is 2.30. The molecule has 2 heterocycles. The van der Waals surface area contributed by atoms with Crippen molar-refractivity contribution in [2.45, 2.75) is 18.9 Å². The third-order valence-corrected chi connectivity index (χ3v) is 2.88. The zero-order valence-electron chi connectivity index (χ0n) is 7.94. The summed E-state index contributed by atoms with van der Waals surface area (Å²) in [6.45, 7) is 0.902. The highest BCUT2D eigenvalue weighted by Gasteiger charge is 2.26. The van der Waals surface area contributed by atoms with E-state index in [-0.39, 0.29) is 16.7 Å². The van der Waals surface area contributed by atoms with Gasteiger partial charge in [-0.2, -0.15) is 0 Å². The van der Waals surface area contributed by atoms with Crippen molar-refractivity contribution < 1.29 is 4.92 Å². The fourth-order valence-corrected chi connectivity index (χ4v) is 2.09. The minimum atomic E-state index is -0.382. The first kappa shape index (κ1) is 10.5. The maximum absolute atomic E-state index is 10.8. The molecule has 1 aliphatic heterocycles. The van der Waals surface area contributed by atoms with E-state index >= 15 is 0 Å². The predicted octanol–water partition coefficient (Wildman–Crippen LogP) is 2.18. The minimum Gasteiger partial charge on any atom is -0.308 e. The molecule has 5 nitrogen and oxygen atoms in total. The summed E-state index contributed by atoms with van der Waals surface area (Å²) < 4.78 is 0.635. The highest BCUT2D eigenvalue weighted by atomic mass is 79.9. The van der Waals surface area contributed by atoms with Crippen molar-refractivity contribution in [3.05, 3.63) is 32.5 Å². The molecule has 1 aromatic rings. The molecule has 1 fully saturated rings. The molecule has 1 N–H and O–H groups in total. The van der Waals surface area contributed by atoms with Gasteiger partial charge in [0.1, 0.15) is 5.69 Å². The van der Waals surface area contributed by atoms with Crippen molar-refractivity contribution >= 4 is 21.6 Å². The summed E-state index contributed by atoms with van der Waals surface area (Å²) in [6.07, 6.45) is 3.55. The van der Waals surface area contributed by atoms with Crippen LogP contribution >= 0.6 is 15.9 Å². The number of rotatable bonds is 2. The van der Waals surface area contributed by atoms with Crippen molar-refractivity contribution in [1.29, 1.82) is 0 Å². The summed E-state index contributed by atoms with van der Waals surface area (Å²) >= 11 is 3.19. The Morgan fingerprint density at radius 1 is 1.67 bits per heavy atom. The minimum absolute atomic E-state index is 0.0264. The van der Waals surface area contributed by atoms with Crippen LogP contribution < -0.4 is 5.32 Å². The number of hydrogen-bond donors (Lipinski definition) is 1. The van der Waals surface area contributed by atoms with Gasteiger partial charge in [-0.1, -0.05) is 0 Å².